The molecule has 1 aromatic rings. The number of aryl methyl sites for hydroxylation is 1. The van der Waals surface area contributed by atoms with Crippen molar-refractivity contribution in [2.24, 2.45) is 7.05 Å². The third-order valence-corrected chi connectivity index (χ3v) is 2.84. The molecule has 0 amide bonds. The molecule has 0 fully saturated rings. The molecule has 0 atom stereocenters. The summed E-state index contributed by atoms with van der Waals surface area (Å²) in [5.41, 5.74) is -0.0570. The highest BCUT2D eigenvalue weighted by molar-refractivity contribution is 5.30. The van der Waals surface area contributed by atoms with Gasteiger partial charge in [-0.3, -0.25) is 4.79 Å². The van der Waals surface area contributed by atoms with Gasteiger partial charge >= 0.3 is 0 Å². The predicted octanol–water partition coefficient (Wildman–Crippen LogP) is 2.55. The van der Waals surface area contributed by atoms with Crippen LogP contribution in [0.4, 0.5) is 5.82 Å². The highest BCUT2D eigenvalue weighted by Crippen LogP contribution is 2.04. The molecule has 17 heavy (non-hydrogen) atoms. The van der Waals surface area contributed by atoms with Crippen LogP contribution in [0, 0.1) is 0 Å². The van der Waals surface area contributed by atoms with Crippen LogP contribution in [0.15, 0.2) is 17.2 Å². The van der Waals surface area contributed by atoms with E-state index >= 15 is 0 Å². The lowest BCUT2D eigenvalue weighted by atomic mass is 10.1. The van der Waals surface area contributed by atoms with Crippen LogP contribution < -0.4 is 10.9 Å². The number of hydrogen-bond donors (Lipinski definition) is 1. The number of hydrogen-bond acceptors (Lipinski definition) is 3. The van der Waals surface area contributed by atoms with Gasteiger partial charge in [-0.1, -0.05) is 39.0 Å². The van der Waals surface area contributed by atoms with Crippen molar-refractivity contribution in [1.29, 1.82) is 0 Å². The van der Waals surface area contributed by atoms with Crippen molar-refractivity contribution < 1.29 is 0 Å². The maximum atomic E-state index is 11.6. The molecule has 0 radical (unpaired) electrons. The largest absolute Gasteiger partial charge is 0.365 e. The standard InChI is InChI=1S/C13H23N3O/c1-3-4-5-6-7-8-9-14-12-13(17)16(2)11-10-15-12/h10-11H,3-9H2,1-2H3,(H,14,15). The van der Waals surface area contributed by atoms with Gasteiger partial charge in [0.2, 0.25) is 0 Å². The molecule has 0 aliphatic carbocycles. The van der Waals surface area contributed by atoms with Gasteiger partial charge in [0, 0.05) is 26.0 Å². The fourth-order valence-electron chi connectivity index (χ4n) is 1.73. The highest BCUT2D eigenvalue weighted by atomic mass is 16.1. The summed E-state index contributed by atoms with van der Waals surface area (Å²) in [7, 11) is 1.74. The van der Waals surface area contributed by atoms with E-state index in [4.69, 9.17) is 0 Å². The maximum Gasteiger partial charge on any atom is 0.293 e. The van der Waals surface area contributed by atoms with Crippen LogP contribution in [0.5, 0.6) is 0 Å². The Hall–Kier alpha value is -1.32. The fourth-order valence-corrected chi connectivity index (χ4v) is 1.73. The number of rotatable bonds is 8. The summed E-state index contributed by atoms with van der Waals surface area (Å²) in [5.74, 6) is 0.462. The smallest absolute Gasteiger partial charge is 0.293 e. The first-order valence-electron chi connectivity index (χ1n) is 6.51. The van der Waals surface area contributed by atoms with Gasteiger partial charge in [0.05, 0.1) is 0 Å². The molecule has 0 spiro atoms. The quantitative estimate of drug-likeness (QED) is 0.707. The Morgan fingerprint density at radius 2 is 1.94 bits per heavy atom. The van der Waals surface area contributed by atoms with Gasteiger partial charge in [-0.25, -0.2) is 4.98 Å². The molecule has 0 unspecified atom stereocenters. The molecule has 4 nitrogen and oxygen atoms in total. The molecule has 0 aliphatic heterocycles. The molecule has 0 aromatic carbocycles. The lowest BCUT2D eigenvalue weighted by Gasteiger charge is -2.05. The summed E-state index contributed by atoms with van der Waals surface area (Å²) in [6.07, 6.45) is 10.8. The van der Waals surface area contributed by atoms with E-state index in [1.54, 1.807) is 19.4 Å². The zero-order valence-electron chi connectivity index (χ0n) is 10.9. The van der Waals surface area contributed by atoms with E-state index in [0.29, 0.717) is 5.82 Å². The molecule has 1 aromatic heterocycles. The van der Waals surface area contributed by atoms with Crippen molar-refractivity contribution >= 4 is 5.82 Å². The van der Waals surface area contributed by atoms with E-state index in [1.807, 2.05) is 0 Å². The average molecular weight is 237 g/mol. The first-order chi connectivity index (χ1) is 8.25. The molecule has 1 N–H and O–H groups in total. The van der Waals surface area contributed by atoms with Gasteiger partial charge in [-0.2, -0.15) is 0 Å². The predicted molar refractivity (Wildman–Crippen MR) is 71.3 cm³/mol. The zero-order chi connectivity index (χ0) is 12.5. The van der Waals surface area contributed by atoms with Gasteiger partial charge in [0.1, 0.15) is 0 Å². The summed E-state index contributed by atoms with van der Waals surface area (Å²) in [6, 6.07) is 0. The van der Waals surface area contributed by atoms with Crippen LogP contribution in [-0.4, -0.2) is 16.1 Å². The number of aromatic nitrogens is 2. The van der Waals surface area contributed by atoms with Crippen LogP contribution in [0.3, 0.4) is 0 Å². The normalized spacial score (nSPS) is 10.5. The third kappa shape index (κ3) is 5.02. The van der Waals surface area contributed by atoms with Crippen LogP contribution in [0.1, 0.15) is 45.4 Å². The van der Waals surface area contributed by atoms with Crippen molar-refractivity contribution in [2.75, 3.05) is 11.9 Å². The Labute approximate surface area is 103 Å². The zero-order valence-corrected chi connectivity index (χ0v) is 10.9. The van der Waals surface area contributed by atoms with E-state index < -0.39 is 0 Å². The Morgan fingerprint density at radius 1 is 1.24 bits per heavy atom. The molecule has 0 aliphatic rings. The summed E-state index contributed by atoms with van der Waals surface area (Å²) in [5, 5.41) is 3.10. The van der Waals surface area contributed by atoms with Crippen molar-refractivity contribution in [3.8, 4) is 0 Å². The average Bonchev–Trinajstić information content (AvgIpc) is 2.33. The summed E-state index contributed by atoms with van der Waals surface area (Å²) < 4.78 is 1.54. The second-order valence-electron chi connectivity index (χ2n) is 4.39. The van der Waals surface area contributed by atoms with Gasteiger partial charge in [-0.15, -0.1) is 0 Å². The SMILES string of the molecule is CCCCCCCCNc1nccn(C)c1=O. The van der Waals surface area contributed by atoms with Crippen LogP contribution in [0.2, 0.25) is 0 Å². The minimum atomic E-state index is -0.0570. The highest BCUT2D eigenvalue weighted by Gasteiger charge is 2.00. The van der Waals surface area contributed by atoms with Crippen LogP contribution in [-0.2, 0) is 7.05 Å². The molecule has 0 bridgehead atoms. The first-order valence-corrected chi connectivity index (χ1v) is 6.51. The number of anilines is 1. The van der Waals surface area contributed by atoms with Crippen molar-refractivity contribution in [2.45, 2.75) is 45.4 Å². The van der Waals surface area contributed by atoms with E-state index in [0.717, 1.165) is 13.0 Å². The molecular weight excluding hydrogens is 214 g/mol. The fraction of sp³-hybridized carbons (Fsp3) is 0.692. The topological polar surface area (TPSA) is 46.9 Å². The number of nitrogens with zero attached hydrogens (tertiary/aromatic N) is 2. The molecular formula is C13H23N3O. The van der Waals surface area contributed by atoms with Gasteiger partial charge < -0.3 is 9.88 Å². The first kappa shape index (κ1) is 13.7. The maximum absolute atomic E-state index is 11.6. The molecule has 4 heteroatoms. The van der Waals surface area contributed by atoms with E-state index in [2.05, 4.69) is 17.2 Å². The molecule has 0 saturated heterocycles. The van der Waals surface area contributed by atoms with E-state index in [-0.39, 0.29) is 5.56 Å². The summed E-state index contributed by atoms with van der Waals surface area (Å²) >= 11 is 0. The number of nitrogens with one attached hydrogen (secondary N) is 1. The minimum Gasteiger partial charge on any atom is -0.365 e. The molecule has 0 saturated carbocycles. The molecule has 96 valence electrons. The second-order valence-corrected chi connectivity index (χ2v) is 4.39. The molecule has 1 rings (SSSR count). The Balaban J connectivity index is 2.18. The van der Waals surface area contributed by atoms with Crippen molar-refractivity contribution in [3.63, 3.8) is 0 Å². The van der Waals surface area contributed by atoms with E-state index in [9.17, 15) is 4.79 Å². The monoisotopic (exact) mass is 237 g/mol. The van der Waals surface area contributed by atoms with Crippen molar-refractivity contribution in [3.05, 3.63) is 22.7 Å². The van der Waals surface area contributed by atoms with Gasteiger partial charge in [0.25, 0.3) is 5.56 Å². The number of unbranched alkanes of at least 4 members (excludes halogenated alkanes) is 5. The Bertz CT molecular complexity index is 373. The summed E-state index contributed by atoms with van der Waals surface area (Å²) in [4.78, 5) is 15.7. The second kappa shape index (κ2) is 7.87. The lowest BCUT2D eigenvalue weighted by molar-refractivity contribution is 0.616. The van der Waals surface area contributed by atoms with Crippen LogP contribution >= 0.6 is 0 Å². The Morgan fingerprint density at radius 3 is 2.71 bits per heavy atom. The molecule has 1 heterocycles. The van der Waals surface area contributed by atoms with E-state index in [1.165, 1.54) is 36.7 Å². The van der Waals surface area contributed by atoms with Crippen molar-refractivity contribution in [1.82, 2.24) is 9.55 Å². The third-order valence-electron chi connectivity index (χ3n) is 2.84. The summed E-state index contributed by atoms with van der Waals surface area (Å²) in [6.45, 7) is 3.05. The van der Waals surface area contributed by atoms with Crippen LogP contribution in [0.25, 0.3) is 0 Å². The van der Waals surface area contributed by atoms with Gasteiger partial charge in [-0.05, 0) is 6.42 Å². The van der Waals surface area contributed by atoms with Gasteiger partial charge in [0.15, 0.2) is 5.82 Å². The Kier molecular flexibility index (Phi) is 6.37. The minimum absolute atomic E-state index is 0.0570. The lowest BCUT2D eigenvalue weighted by Crippen LogP contribution is -2.22.